The first-order valence-electron chi connectivity index (χ1n) is 12.0. The number of rotatable bonds is 12. The molecule has 0 unspecified atom stereocenters. The minimum Gasteiger partial charge on any atom is -0.354 e. The molecule has 4 nitrogen and oxygen atoms in total. The highest BCUT2D eigenvalue weighted by Gasteiger charge is 2.30. The summed E-state index contributed by atoms with van der Waals surface area (Å²) < 4.78 is 0. The van der Waals surface area contributed by atoms with Gasteiger partial charge < -0.3 is 10.2 Å². The topological polar surface area (TPSA) is 49.4 Å². The molecule has 1 N–H and O–H groups in total. The molecule has 7 heteroatoms. The van der Waals surface area contributed by atoms with Crippen molar-refractivity contribution in [3.8, 4) is 0 Å². The zero-order chi connectivity index (χ0) is 25.9. The van der Waals surface area contributed by atoms with Gasteiger partial charge in [0.05, 0.1) is 5.75 Å². The van der Waals surface area contributed by atoms with Crippen LogP contribution >= 0.6 is 35.0 Å². The van der Waals surface area contributed by atoms with Crippen LogP contribution in [0.5, 0.6) is 0 Å². The molecular formula is C29H32Cl2N2O2S. The summed E-state index contributed by atoms with van der Waals surface area (Å²) in [7, 11) is 0. The molecule has 36 heavy (non-hydrogen) atoms. The molecular weight excluding hydrogens is 511 g/mol. The van der Waals surface area contributed by atoms with Crippen LogP contribution in [0, 0.1) is 5.92 Å². The fourth-order valence-corrected chi connectivity index (χ4v) is 5.06. The normalized spacial score (nSPS) is 11.8. The Morgan fingerprint density at radius 2 is 1.56 bits per heavy atom. The first-order valence-corrected chi connectivity index (χ1v) is 13.9. The van der Waals surface area contributed by atoms with E-state index in [2.05, 4.69) is 5.32 Å². The Labute approximate surface area is 228 Å². The quantitative estimate of drug-likeness (QED) is 0.279. The van der Waals surface area contributed by atoms with E-state index in [0.717, 1.165) is 16.7 Å². The van der Waals surface area contributed by atoms with Gasteiger partial charge in [0.2, 0.25) is 11.8 Å². The Hall–Kier alpha value is -2.47. The number of carbonyl (C=O) groups is 2. The maximum atomic E-state index is 13.6. The van der Waals surface area contributed by atoms with Gasteiger partial charge >= 0.3 is 0 Å². The lowest BCUT2D eigenvalue weighted by Crippen LogP contribution is -2.51. The summed E-state index contributed by atoms with van der Waals surface area (Å²) >= 11 is 14.1. The van der Waals surface area contributed by atoms with Crippen molar-refractivity contribution >= 4 is 46.8 Å². The number of nitrogens with zero attached hydrogens (tertiary/aromatic N) is 1. The highest BCUT2D eigenvalue weighted by atomic mass is 35.5. The highest BCUT2D eigenvalue weighted by Crippen LogP contribution is 2.25. The summed E-state index contributed by atoms with van der Waals surface area (Å²) in [5, 5.41) is 4.03. The summed E-state index contributed by atoms with van der Waals surface area (Å²) in [5.74, 6) is 0.984. The Morgan fingerprint density at radius 3 is 2.17 bits per heavy atom. The molecule has 3 rings (SSSR count). The molecule has 2 amide bonds. The van der Waals surface area contributed by atoms with E-state index >= 15 is 0 Å². The fraction of sp³-hybridized carbons (Fsp3) is 0.310. The first-order chi connectivity index (χ1) is 17.3. The minimum absolute atomic E-state index is 0.109. The summed E-state index contributed by atoms with van der Waals surface area (Å²) in [6.07, 6.45) is 0.408. The number of amides is 2. The second-order valence-electron chi connectivity index (χ2n) is 9.08. The molecule has 0 saturated heterocycles. The first kappa shape index (κ1) is 28.1. The van der Waals surface area contributed by atoms with Gasteiger partial charge in [0, 0.05) is 35.3 Å². The molecule has 0 aliphatic heterocycles. The smallest absolute Gasteiger partial charge is 0.243 e. The molecule has 0 aliphatic carbocycles. The third-order valence-electron chi connectivity index (χ3n) is 5.65. The van der Waals surface area contributed by atoms with Crippen LogP contribution in [0.4, 0.5) is 0 Å². The van der Waals surface area contributed by atoms with Gasteiger partial charge in [-0.1, -0.05) is 104 Å². The SMILES string of the molecule is CC(C)CNC(=O)[C@@H](Cc1ccccc1)N(Cc1ccc(Cl)cc1Cl)C(=O)CSCc1ccccc1. The monoisotopic (exact) mass is 542 g/mol. The number of nitrogens with one attached hydrogen (secondary N) is 1. The van der Waals surface area contributed by atoms with E-state index in [1.807, 2.05) is 80.6 Å². The minimum atomic E-state index is -0.678. The van der Waals surface area contributed by atoms with Crippen LogP contribution in [0.2, 0.25) is 10.0 Å². The molecule has 3 aromatic carbocycles. The van der Waals surface area contributed by atoms with Crippen molar-refractivity contribution in [1.29, 1.82) is 0 Å². The van der Waals surface area contributed by atoms with E-state index < -0.39 is 6.04 Å². The van der Waals surface area contributed by atoms with E-state index in [-0.39, 0.29) is 24.1 Å². The Balaban J connectivity index is 1.87. The molecule has 0 fully saturated rings. The summed E-state index contributed by atoms with van der Waals surface area (Å²) in [5.41, 5.74) is 2.88. The van der Waals surface area contributed by atoms with E-state index in [4.69, 9.17) is 23.2 Å². The van der Waals surface area contributed by atoms with Gasteiger partial charge in [-0.3, -0.25) is 9.59 Å². The Kier molecular flexibility index (Phi) is 11.2. The number of halogens is 2. The second kappa shape index (κ2) is 14.3. The van der Waals surface area contributed by atoms with Crippen LogP contribution in [-0.4, -0.2) is 35.1 Å². The number of thioether (sulfide) groups is 1. The van der Waals surface area contributed by atoms with Crippen LogP contribution < -0.4 is 5.32 Å². The largest absolute Gasteiger partial charge is 0.354 e. The summed E-state index contributed by atoms with van der Waals surface area (Å²) in [6, 6.07) is 24.4. The molecule has 0 bridgehead atoms. The van der Waals surface area contributed by atoms with Crippen molar-refractivity contribution in [1.82, 2.24) is 10.2 Å². The van der Waals surface area contributed by atoms with Gasteiger partial charge in [-0.2, -0.15) is 0 Å². The zero-order valence-electron chi connectivity index (χ0n) is 20.6. The lowest BCUT2D eigenvalue weighted by atomic mass is 10.0. The maximum absolute atomic E-state index is 13.6. The van der Waals surface area contributed by atoms with Crippen LogP contribution in [0.1, 0.15) is 30.5 Å². The third kappa shape index (κ3) is 8.88. The third-order valence-corrected chi connectivity index (χ3v) is 7.22. The molecule has 0 radical (unpaired) electrons. The molecule has 0 spiro atoms. The predicted octanol–water partition coefficient (Wildman–Crippen LogP) is 6.64. The highest BCUT2D eigenvalue weighted by molar-refractivity contribution is 7.99. The number of hydrogen-bond donors (Lipinski definition) is 1. The molecule has 0 aliphatic rings. The molecule has 1 atom stereocenters. The van der Waals surface area contributed by atoms with Gasteiger partial charge in [0.15, 0.2) is 0 Å². The molecule has 0 heterocycles. The number of hydrogen-bond acceptors (Lipinski definition) is 3. The van der Waals surface area contributed by atoms with Crippen LogP contribution in [0.3, 0.4) is 0 Å². The van der Waals surface area contributed by atoms with Crippen LogP contribution in [-0.2, 0) is 28.3 Å². The second-order valence-corrected chi connectivity index (χ2v) is 10.9. The zero-order valence-corrected chi connectivity index (χ0v) is 23.0. The van der Waals surface area contributed by atoms with E-state index in [9.17, 15) is 9.59 Å². The Morgan fingerprint density at radius 1 is 0.917 bits per heavy atom. The summed E-state index contributed by atoms with van der Waals surface area (Å²) in [6.45, 7) is 4.84. The maximum Gasteiger partial charge on any atom is 0.243 e. The predicted molar refractivity (Wildman–Crippen MR) is 151 cm³/mol. The van der Waals surface area contributed by atoms with Crippen molar-refractivity contribution < 1.29 is 9.59 Å². The van der Waals surface area contributed by atoms with E-state index in [1.165, 1.54) is 11.8 Å². The van der Waals surface area contributed by atoms with Gasteiger partial charge in [-0.05, 0) is 34.7 Å². The lowest BCUT2D eigenvalue weighted by Gasteiger charge is -2.32. The Bertz CT molecular complexity index is 1130. The molecule has 190 valence electrons. The molecule has 0 saturated carbocycles. The number of carbonyl (C=O) groups excluding carboxylic acids is 2. The van der Waals surface area contributed by atoms with Gasteiger partial charge in [0.25, 0.3) is 0 Å². The van der Waals surface area contributed by atoms with Crippen molar-refractivity contribution in [2.75, 3.05) is 12.3 Å². The standard InChI is InChI=1S/C29H32Cl2N2O2S/c1-21(2)17-32-29(35)27(15-22-9-5-3-6-10-22)33(18-24-13-14-25(30)16-26(24)31)28(34)20-36-19-23-11-7-4-8-12-23/h3-14,16,21,27H,15,17-20H2,1-2H3,(H,32,35)/t27-/m1/s1. The number of benzene rings is 3. The van der Waals surface area contributed by atoms with Crippen molar-refractivity contribution in [3.63, 3.8) is 0 Å². The molecule has 3 aromatic rings. The summed E-state index contributed by atoms with van der Waals surface area (Å²) in [4.78, 5) is 28.8. The fourth-order valence-electron chi connectivity index (χ4n) is 3.72. The van der Waals surface area contributed by atoms with Crippen molar-refractivity contribution in [2.24, 2.45) is 5.92 Å². The van der Waals surface area contributed by atoms with E-state index in [1.54, 1.807) is 17.0 Å². The van der Waals surface area contributed by atoms with Crippen molar-refractivity contribution in [3.05, 3.63) is 106 Å². The average Bonchev–Trinajstić information content (AvgIpc) is 2.87. The lowest BCUT2D eigenvalue weighted by molar-refractivity contribution is -0.139. The average molecular weight is 544 g/mol. The van der Waals surface area contributed by atoms with Gasteiger partial charge in [-0.15, -0.1) is 11.8 Å². The van der Waals surface area contributed by atoms with Gasteiger partial charge in [-0.25, -0.2) is 0 Å². The molecule has 0 aromatic heterocycles. The van der Waals surface area contributed by atoms with Crippen molar-refractivity contribution in [2.45, 2.75) is 38.6 Å². The van der Waals surface area contributed by atoms with Crippen LogP contribution in [0.25, 0.3) is 0 Å². The van der Waals surface area contributed by atoms with E-state index in [0.29, 0.717) is 34.7 Å². The van der Waals surface area contributed by atoms with Gasteiger partial charge in [0.1, 0.15) is 6.04 Å². The van der Waals surface area contributed by atoms with Crippen LogP contribution in [0.15, 0.2) is 78.9 Å².